The van der Waals surface area contributed by atoms with E-state index in [1.165, 1.54) is 11.3 Å². The highest BCUT2D eigenvalue weighted by atomic mass is 35.5. The molecule has 0 unspecified atom stereocenters. The predicted octanol–water partition coefficient (Wildman–Crippen LogP) is 4.04. The highest BCUT2D eigenvalue weighted by molar-refractivity contribution is 6.17. The third-order valence-electron chi connectivity index (χ3n) is 2.82. The molecule has 2 rings (SSSR count). The van der Waals surface area contributed by atoms with Gasteiger partial charge in [-0.05, 0) is 30.5 Å². The molecule has 0 atom stereocenters. The summed E-state index contributed by atoms with van der Waals surface area (Å²) in [5.74, 6) is 0.922. The maximum absolute atomic E-state index is 5.95. The molecule has 90 valence electrons. The van der Waals surface area contributed by atoms with Gasteiger partial charge in [0, 0.05) is 5.56 Å². The van der Waals surface area contributed by atoms with Crippen molar-refractivity contribution in [3.63, 3.8) is 0 Å². The SMILES string of the molecule is Cc1cccc(-n2ncc(CCl)c2C(C)C)c1. The van der Waals surface area contributed by atoms with E-state index in [1.54, 1.807) is 0 Å². The van der Waals surface area contributed by atoms with Gasteiger partial charge in [0.25, 0.3) is 0 Å². The minimum absolute atomic E-state index is 0.409. The standard InChI is InChI=1S/C14H17ClN2/c1-10(2)14-12(8-15)9-16-17(14)13-6-4-5-11(3)7-13/h4-7,9-10H,8H2,1-3H3. The first-order valence-electron chi connectivity index (χ1n) is 5.83. The summed E-state index contributed by atoms with van der Waals surface area (Å²) in [5.41, 5.74) is 4.65. The van der Waals surface area contributed by atoms with Gasteiger partial charge >= 0.3 is 0 Å². The summed E-state index contributed by atoms with van der Waals surface area (Å²) >= 11 is 5.95. The second-order valence-corrected chi connectivity index (χ2v) is 4.86. The van der Waals surface area contributed by atoms with Crippen LogP contribution in [0.4, 0.5) is 0 Å². The molecular weight excluding hydrogens is 232 g/mol. The zero-order valence-electron chi connectivity index (χ0n) is 10.4. The van der Waals surface area contributed by atoms with Gasteiger partial charge in [0.05, 0.1) is 23.5 Å². The van der Waals surface area contributed by atoms with E-state index in [-0.39, 0.29) is 0 Å². The number of alkyl halides is 1. The van der Waals surface area contributed by atoms with Gasteiger partial charge in [-0.15, -0.1) is 11.6 Å². The fourth-order valence-corrected chi connectivity index (χ4v) is 2.28. The third kappa shape index (κ3) is 2.37. The van der Waals surface area contributed by atoms with E-state index in [9.17, 15) is 0 Å². The fraction of sp³-hybridized carbons (Fsp3) is 0.357. The van der Waals surface area contributed by atoms with Crippen molar-refractivity contribution >= 4 is 11.6 Å². The molecule has 17 heavy (non-hydrogen) atoms. The first-order chi connectivity index (χ1) is 8.13. The molecule has 0 aliphatic heterocycles. The number of halogens is 1. The van der Waals surface area contributed by atoms with Gasteiger partial charge in [-0.1, -0.05) is 26.0 Å². The first-order valence-corrected chi connectivity index (χ1v) is 6.36. The molecule has 0 aliphatic carbocycles. The van der Waals surface area contributed by atoms with Crippen LogP contribution in [-0.2, 0) is 5.88 Å². The Hall–Kier alpha value is -1.28. The van der Waals surface area contributed by atoms with Crippen LogP contribution in [0.3, 0.4) is 0 Å². The molecule has 2 nitrogen and oxygen atoms in total. The van der Waals surface area contributed by atoms with Crippen LogP contribution in [0.2, 0.25) is 0 Å². The number of nitrogens with zero attached hydrogens (tertiary/aromatic N) is 2. The topological polar surface area (TPSA) is 17.8 Å². The molecule has 0 radical (unpaired) electrons. The lowest BCUT2D eigenvalue weighted by Crippen LogP contribution is -2.05. The Bertz CT molecular complexity index is 515. The lowest BCUT2D eigenvalue weighted by atomic mass is 10.1. The number of rotatable bonds is 3. The molecule has 2 aromatic rings. The molecule has 0 spiro atoms. The second kappa shape index (κ2) is 4.92. The van der Waals surface area contributed by atoms with Crippen LogP contribution >= 0.6 is 11.6 Å². The second-order valence-electron chi connectivity index (χ2n) is 4.59. The molecule has 0 amide bonds. The smallest absolute Gasteiger partial charge is 0.0651 e. The molecule has 0 saturated heterocycles. The zero-order chi connectivity index (χ0) is 12.4. The largest absolute Gasteiger partial charge is 0.237 e. The number of benzene rings is 1. The molecule has 0 saturated carbocycles. The summed E-state index contributed by atoms with van der Waals surface area (Å²) in [4.78, 5) is 0. The van der Waals surface area contributed by atoms with Crippen molar-refractivity contribution < 1.29 is 0 Å². The summed E-state index contributed by atoms with van der Waals surface area (Å²) in [6.07, 6.45) is 1.87. The van der Waals surface area contributed by atoms with Gasteiger partial charge in [-0.25, -0.2) is 4.68 Å². The Kier molecular flexibility index (Phi) is 3.53. The van der Waals surface area contributed by atoms with Crippen molar-refractivity contribution in [2.45, 2.75) is 32.6 Å². The number of hydrogen-bond acceptors (Lipinski definition) is 1. The summed E-state index contributed by atoms with van der Waals surface area (Å²) in [6, 6.07) is 8.35. The quantitative estimate of drug-likeness (QED) is 0.750. The van der Waals surface area contributed by atoms with E-state index in [0.29, 0.717) is 11.8 Å². The summed E-state index contributed by atoms with van der Waals surface area (Å²) in [5, 5.41) is 4.45. The van der Waals surface area contributed by atoms with Gasteiger partial charge in [0.15, 0.2) is 0 Å². The molecule has 3 heteroatoms. The van der Waals surface area contributed by atoms with E-state index in [1.807, 2.05) is 10.9 Å². The van der Waals surface area contributed by atoms with Gasteiger partial charge in [0.1, 0.15) is 0 Å². The Morgan fingerprint density at radius 2 is 2.12 bits per heavy atom. The lowest BCUT2D eigenvalue weighted by Gasteiger charge is -2.12. The number of aryl methyl sites for hydroxylation is 1. The van der Waals surface area contributed by atoms with Gasteiger partial charge < -0.3 is 0 Å². The first kappa shape index (κ1) is 12.2. The summed E-state index contributed by atoms with van der Waals surface area (Å²) in [7, 11) is 0. The Labute approximate surface area is 107 Å². The van der Waals surface area contributed by atoms with Gasteiger partial charge in [-0.2, -0.15) is 5.10 Å². The van der Waals surface area contributed by atoms with E-state index < -0.39 is 0 Å². The van der Waals surface area contributed by atoms with Crippen LogP contribution in [-0.4, -0.2) is 9.78 Å². The van der Waals surface area contributed by atoms with Crippen LogP contribution in [0.15, 0.2) is 30.5 Å². The molecule has 0 fully saturated rings. The fourth-order valence-electron chi connectivity index (χ4n) is 2.08. The Morgan fingerprint density at radius 1 is 1.35 bits per heavy atom. The number of aromatic nitrogens is 2. The Balaban J connectivity index is 2.56. The van der Waals surface area contributed by atoms with Crippen LogP contribution < -0.4 is 0 Å². The summed E-state index contributed by atoms with van der Waals surface area (Å²) in [6.45, 7) is 6.42. The minimum Gasteiger partial charge on any atom is -0.237 e. The van der Waals surface area contributed by atoms with Crippen LogP contribution in [0, 0.1) is 6.92 Å². The number of hydrogen-bond donors (Lipinski definition) is 0. The zero-order valence-corrected chi connectivity index (χ0v) is 11.2. The maximum Gasteiger partial charge on any atom is 0.0651 e. The van der Waals surface area contributed by atoms with Crippen molar-refractivity contribution in [1.29, 1.82) is 0 Å². The van der Waals surface area contributed by atoms with E-state index in [2.05, 4.69) is 50.1 Å². The molecular formula is C14H17ClN2. The van der Waals surface area contributed by atoms with E-state index in [0.717, 1.165) is 11.3 Å². The van der Waals surface area contributed by atoms with Gasteiger partial charge in [0.2, 0.25) is 0 Å². The highest BCUT2D eigenvalue weighted by Crippen LogP contribution is 2.24. The van der Waals surface area contributed by atoms with Crippen molar-refractivity contribution in [2.75, 3.05) is 0 Å². The maximum atomic E-state index is 5.95. The normalized spacial score (nSPS) is 11.1. The average molecular weight is 249 g/mol. The van der Waals surface area contributed by atoms with Gasteiger partial charge in [-0.3, -0.25) is 0 Å². The predicted molar refractivity (Wildman–Crippen MR) is 71.9 cm³/mol. The molecule has 0 bridgehead atoms. The molecule has 0 aliphatic rings. The monoisotopic (exact) mass is 248 g/mol. The highest BCUT2D eigenvalue weighted by Gasteiger charge is 2.14. The average Bonchev–Trinajstić information content (AvgIpc) is 2.72. The Morgan fingerprint density at radius 3 is 2.71 bits per heavy atom. The van der Waals surface area contributed by atoms with Crippen molar-refractivity contribution in [1.82, 2.24) is 9.78 Å². The summed E-state index contributed by atoms with van der Waals surface area (Å²) < 4.78 is 2.00. The van der Waals surface area contributed by atoms with Crippen molar-refractivity contribution in [2.24, 2.45) is 0 Å². The van der Waals surface area contributed by atoms with E-state index >= 15 is 0 Å². The molecule has 0 N–H and O–H groups in total. The van der Waals surface area contributed by atoms with Crippen LogP contribution in [0.1, 0.15) is 36.6 Å². The lowest BCUT2D eigenvalue weighted by molar-refractivity contribution is 0.729. The van der Waals surface area contributed by atoms with Crippen LogP contribution in [0.5, 0.6) is 0 Å². The minimum atomic E-state index is 0.409. The molecule has 1 aromatic carbocycles. The van der Waals surface area contributed by atoms with Crippen molar-refractivity contribution in [3.8, 4) is 5.69 Å². The molecule has 1 heterocycles. The van der Waals surface area contributed by atoms with Crippen molar-refractivity contribution in [3.05, 3.63) is 47.3 Å². The molecule has 1 aromatic heterocycles. The third-order valence-corrected chi connectivity index (χ3v) is 3.11. The van der Waals surface area contributed by atoms with E-state index in [4.69, 9.17) is 11.6 Å². The van der Waals surface area contributed by atoms with Crippen LogP contribution in [0.25, 0.3) is 5.69 Å².